The molecule has 228 valence electrons. The Morgan fingerprint density at radius 1 is 1.02 bits per heavy atom. The molecule has 0 spiro atoms. The summed E-state index contributed by atoms with van der Waals surface area (Å²) >= 11 is 0. The molecule has 0 amide bonds. The number of nitrogens with one attached hydrogen (secondary N) is 1. The van der Waals surface area contributed by atoms with Crippen LogP contribution in [-0.2, 0) is 12.1 Å². The van der Waals surface area contributed by atoms with E-state index in [0.29, 0.717) is 61.1 Å². The van der Waals surface area contributed by atoms with Crippen molar-refractivity contribution >= 4 is 22.9 Å². The number of aromatic nitrogens is 8. The number of hydrogen-bond acceptors (Lipinski definition) is 11. The average molecular weight is 596 g/mol. The molecule has 4 heterocycles. The quantitative estimate of drug-likeness (QED) is 0.197. The zero-order valence-electron chi connectivity index (χ0n) is 24.6. The SMILES string of the molecule is CCc1nnn([C@@]2(O)[C@H](O)CC[C@H]2n2cnc3c(NCC(c4ccccc4)c4ccccc4)nc(N4CCC(N)C4)nc32)n1. The van der Waals surface area contributed by atoms with Crippen LogP contribution >= 0.6 is 0 Å². The molecule has 4 atom stereocenters. The maximum Gasteiger partial charge on any atom is 0.229 e. The minimum Gasteiger partial charge on any atom is -0.388 e. The van der Waals surface area contributed by atoms with Crippen molar-refractivity contribution in [1.29, 1.82) is 0 Å². The summed E-state index contributed by atoms with van der Waals surface area (Å²) in [6.45, 7) is 3.87. The van der Waals surface area contributed by atoms with Crippen molar-refractivity contribution in [1.82, 2.24) is 39.7 Å². The van der Waals surface area contributed by atoms with E-state index in [2.05, 4.69) is 74.2 Å². The van der Waals surface area contributed by atoms with Crippen molar-refractivity contribution in [3.05, 3.63) is 83.9 Å². The van der Waals surface area contributed by atoms with Gasteiger partial charge in [0.15, 0.2) is 22.8 Å². The van der Waals surface area contributed by atoms with E-state index in [1.807, 2.05) is 23.6 Å². The number of hydrogen-bond donors (Lipinski definition) is 4. The smallest absolute Gasteiger partial charge is 0.229 e. The minimum atomic E-state index is -1.82. The first-order valence-electron chi connectivity index (χ1n) is 15.2. The first-order valence-corrected chi connectivity index (χ1v) is 15.2. The predicted molar refractivity (Wildman–Crippen MR) is 165 cm³/mol. The van der Waals surface area contributed by atoms with Crippen LogP contribution in [0.5, 0.6) is 0 Å². The summed E-state index contributed by atoms with van der Waals surface area (Å²) in [5, 5.41) is 39.1. The van der Waals surface area contributed by atoms with E-state index in [1.165, 1.54) is 11.1 Å². The zero-order chi connectivity index (χ0) is 30.3. The van der Waals surface area contributed by atoms with E-state index >= 15 is 0 Å². The number of nitrogens with zero attached hydrogens (tertiary/aromatic N) is 9. The number of aliphatic hydroxyl groups excluding tert-OH is 1. The van der Waals surface area contributed by atoms with E-state index in [-0.39, 0.29) is 12.0 Å². The van der Waals surface area contributed by atoms with E-state index in [0.717, 1.165) is 17.8 Å². The second kappa shape index (κ2) is 11.6. The average Bonchev–Trinajstić information content (AvgIpc) is 3.86. The molecule has 13 heteroatoms. The monoisotopic (exact) mass is 595 g/mol. The van der Waals surface area contributed by atoms with Crippen molar-refractivity contribution in [3.63, 3.8) is 0 Å². The van der Waals surface area contributed by atoms with E-state index in [9.17, 15) is 10.2 Å². The highest BCUT2D eigenvalue weighted by Gasteiger charge is 2.54. The fourth-order valence-electron chi connectivity index (χ4n) is 6.47. The Morgan fingerprint density at radius 3 is 2.39 bits per heavy atom. The maximum atomic E-state index is 12.0. The van der Waals surface area contributed by atoms with Gasteiger partial charge in [-0.2, -0.15) is 9.97 Å². The fourth-order valence-corrected chi connectivity index (χ4v) is 6.47. The lowest BCUT2D eigenvalue weighted by molar-refractivity contribution is -0.156. The van der Waals surface area contributed by atoms with Gasteiger partial charge in [0.25, 0.3) is 0 Å². The summed E-state index contributed by atoms with van der Waals surface area (Å²) in [6.07, 6.45) is 2.77. The first kappa shape index (κ1) is 28.3. The van der Waals surface area contributed by atoms with Crippen LogP contribution in [0.2, 0.25) is 0 Å². The number of aryl methyl sites for hydroxylation is 1. The van der Waals surface area contributed by atoms with Gasteiger partial charge >= 0.3 is 0 Å². The van der Waals surface area contributed by atoms with Crippen LogP contribution in [0.15, 0.2) is 67.0 Å². The number of fused-ring (bicyclic) bond motifs is 1. The van der Waals surface area contributed by atoms with Crippen LogP contribution in [0, 0.1) is 0 Å². The second-order valence-corrected chi connectivity index (χ2v) is 11.7. The number of tetrazole rings is 1. The molecule has 2 fully saturated rings. The molecule has 44 heavy (non-hydrogen) atoms. The third-order valence-corrected chi connectivity index (χ3v) is 8.92. The largest absolute Gasteiger partial charge is 0.388 e. The van der Waals surface area contributed by atoms with Gasteiger partial charge in [-0.1, -0.05) is 67.6 Å². The number of imidazole rings is 1. The van der Waals surface area contributed by atoms with Crippen molar-refractivity contribution in [3.8, 4) is 0 Å². The Balaban J connectivity index is 1.30. The van der Waals surface area contributed by atoms with Crippen molar-refractivity contribution in [2.75, 3.05) is 29.9 Å². The van der Waals surface area contributed by atoms with Gasteiger partial charge in [-0.25, -0.2) is 4.98 Å². The fraction of sp³-hybridized carbons (Fsp3) is 0.419. The topological polar surface area (TPSA) is 169 Å². The molecule has 7 rings (SSSR count). The lowest BCUT2D eigenvalue weighted by Crippen LogP contribution is -2.48. The van der Waals surface area contributed by atoms with Crippen molar-refractivity contribution < 1.29 is 10.2 Å². The number of benzene rings is 2. The van der Waals surface area contributed by atoms with Crippen LogP contribution in [0.1, 0.15) is 55.1 Å². The first-order chi connectivity index (χ1) is 21.5. The molecule has 2 aromatic carbocycles. The molecule has 1 unspecified atom stereocenters. The van der Waals surface area contributed by atoms with Crippen LogP contribution in [-0.4, -0.2) is 81.7 Å². The molecular weight excluding hydrogens is 558 g/mol. The summed E-state index contributed by atoms with van der Waals surface area (Å²) in [6, 6.07) is 20.2. The Kier molecular flexibility index (Phi) is 7.44. The highest BCUT2D eigenvalue weighted by Crippen LogP contribution is 2.44. The summed E-state index contributed by atoms with van der Waals surface area (Å²) in [5.41, 5.74) is 7.92. The van der Waals surface area contributed by atoms with Crippen LogP contribution in [0.3, 0.4) is 0 Å². The molecule has 5 aromatic rings. The third-order valence-electron chi connectivity index (χ3n) is 8.92. The van der Waals surface area contributed by atoms with Gasteiger partial charge in [0.2, 0.25) is 11.7 Å². The molecule has 5 N–H and O–H groups in total. The van der Waals surface area contributed by atoms with Gasteiger partial charge in [-0.05, 0) is 35.6 Å². The molecule has 0 bridgehead atoms. The number of anilines is 2. The van der Waals surface area contributed by atoms with E-state index in [1.54, 1.807) is 6.33 Å². The van der Waals surface area contributed by atoms with Gasteiger partial charge in [-0.15, -0.1) is 15.0 Å². The molecule has 3 aromatic heterocycles. The summed E-state index contributed by atoms with van der Waals surface area (Å²) in [7, 11) is 0. The Hall–Kier alpha value is -4.46. The molecular formula is C31H37N11O2. The summed E-state index contributed by atoms with van der Waals surface area (Å²) in [5.74, 6) is 1.68. The highest BCUT2D eigenvalue weighted by molar-refractivity contribution is 5.84. The van der Waals surface area contributed by atoms with Crippen molar-refractivity contribution in [2.24, 2.45) is 5.73 Å². The summed E-state index contributed by atoms with van der Waals surface area (Å²) < 4.78 is 1.82. The van der Waals surface area contributed by atoms with Gasteiger partial charge in [0.05, 0.1) is 12.4 Å². The molecule has 2 aliphatic rings. The maximum absolute atomic E-state index is 12.0. The Morgan fingerprint density at radius 2 is 1.75 bits per heavy atom. The van der Waals surface area contributed by atoms with E-state index < -0.39 is 17.9 Å². The predicted octanol–water partition coefficient (Wildman–Crippen LogP) is 2.20. The molecule has 0 radical (unpaired) electrons. The molecule has 1 aliphatic heterocycles. The zero-order valence-corrected chi connectivity index (χ0v) is 24.6. The lowest BCUT2D eigenvalue weighted by atomic mass is 9.91. The molecule has 1 saturated carbocycles. The number of aliphatic hydroxyl groups is 2. The minimum absolute atomic E-state index is 0.0392. The van der Waals surface area contributed by atoms with Gasteiger partial charge in [0.1, 0.15) is 6.10 Å². The number of nitrogens with two attached hydrogens (primary N) is 1. The lowest BCUT2D eigenvalue weighted by Gasteiger charge is -2.31. The Bertz CT molecular complexity index is 1690. The van der Waals surface area contributed by atoms with Gasteiger partial charge < -0.3 is 30.7 Å². The second-order valence-electron chi connectivity index (χ2n) is 11.7. The summed E-state index contributed by atoms with van der Waals surface area (Å²) in [4.78, 5) is 17.9. The van der Waals surface area contributed by atoms with Crippen LogP contribution in [0.25, 0.3) is 11.2 Å². The Labute approximate surface area is 254 Å². The molecule has 13 nitrogen and oxygen atoms in total. The molecule has 1 aliphatic carbocycles. The van der Waals surface area contributed by atoms with Crippen LogP contribution < -0.4 is 16.0 Å². The highest BCUT2D eigenvalue weighted by atomic mass is 16.4. The molecule has 1 saturated heterocycles. The van der Waals surface area contributed by atoms with Crippen LogP contribution in [0.4, 0.5) is 11.8 Å². The standard InChI is InChI=1S/C31H37N11O2/c1-2-26-37-39-42(38-26)31(44)24(13-14-25(31)43)41-19-34-27-28(35-30(36-29(27)41)40-16-15-22(32)18-40)33-17-23(20-9-5-3-6-10-20)21-11-7-4-8-12-21/h3-12,19,22-25,43-44H,2,13-18,32H2,1H3,(H,33,35,36)/t22?,24-,25-,31+/m1/s1. The normalized spacial score (nSPS) is 23.7. The third kappa shape index (κ3) is 4.96. The van der Waals surface area contributed by atoms with E-state index in [4.69, 9.17) is 20.7 Å². The van der Waals surface area contributed by atoms with Gasteiger partial charge in [0, 0.05) is 38.0 Å². The number of rotatable bonds is 9. The van der Waals surface area contributed by atoms with Gasteiger partial charge in [-0.3, -0.25) is 0 Å². The van der Waals surface area contributed by atoms with Crippen molar-refractivity contribution in [2.45, 2.75) is 62.4 Å².